The van der Waals surface area contributed by atoms with E-state index in [2.05, 4.69) is 60.3 Å². The number of oxazole rings is 1. The minimum Gasteiger partial charge on any atom is -0.490 e. The average Bonchev–Trinajstić information content (AvgIpc) is 3.78. The maximum absolute atomic E-state index is 12.1. The van der Waals surface area contributed by atoms with Gasteiger partial charge < -0.3 is 23.9 Å². The monoisotopic (exact) mass is 734 g/mol. The van der Waals surface area contributed by atoms with Gasteiger partial charge in [0.25, 0.3) is 0 Å². The van der Waals surface area contributed by atoms with Crippen LogP contribution in [0.1, 0.15) is 115 Å². The number of unbranched alkanes of at least 4 members (excludes halogenated alkanes) is 10. The van der Waals surface area contributed by atoms with Gasteiger partial charge in [-0.2, -0.15) is 0 Å². The number of carbonyl (C=O) groups excluding carboxylic acids is 3. The van der Waals surface area contributed by atoms with Gasteiger partial charge in [0.1, 0.15) is 30.5 Å². The smallest absolute Gasteiger partial charge is 0.415 e. The number of esters is 2. The van der Waals surface area contributed by atoms with Crippen LogP contribution in [0.25, 0.3) is 44.1 Å². The number of benzene rings is 4. The molecule has 1 amide bonds. The molecule has 6 rings (SSSR count). The second-order valence-electron chi connectivity index (χ2n) is 14.5. The van der Waals surface area contributed by atoms with Crippen molar-refractivity contribution < 1.29 is 33.0 Å². The van der Waals surface area contributed by atoms with Gasteiger partial charge in [-0.05, 0) is 78.3 Å². The number of ether oxygens (including phenoxy) is 3. The number of aryl methyl sites for hydroxylation is 2. The lowest BCUT2D eigenvalue weighted by Gasteiger charge is -2.10. The van der Waals surface area contributed by atoms with Gasteiger partial charge in [-0.15, -0.1) is 0 Å². The molecule has 286 valence electrons. The topological polar surface area (TPSA) is 117 Å². The first-order valence-electron chi connectivity index (χ1n) is 20.1. The van der Waals surface area contributed by atoms with E-state index in [-0.39, 0.29) is 26.1 Å². The summed E-state index contributed by atoms with van der Waals surface area (Å²) in [5, 5.41) is 7.02. The van der Waals surface area contributed by atoms with Crippen molar-refractivity contribution in [1.82, 2.24) is 10.3 Å². The summed E-state index contributed by atoms with van der Waals surface area (Å²) in [6.07, 6.45) is 16.9. The molecule has 0 aliphatic carbocycles. The van der Waals surface area contributed by atoms with Gasteiger partial charge in [0.2, 0.25) is 5.89 Å². The fourth-order valence-corrected chi connectivity index (χ4v) is 7.30. The van der Waals surface area contributed by atoms with E-state index in [1.54, 1.807) is 0 Å². The quantitative estimate of drug-likeness (QED) is 0.0323. The molecule has 9 nitrogen and oxygen atoms in total. The molecule has 2 heterocycles. The molecule has 0 saturated carbocycles. The molecule has 0 bridgehead atoms. The molecular formula is C45H54N2O7. The average molecular weight is 735 g/mol. The number of hydrogen-bond donors (Lipinski definition) is 1. The second kappa shape index (κ2) is 19.4. The van der Waals surface area contributed by atoms with Crippen molar-refractivity contribution in [3.05, 3.63) is 71.8 Å². The summed E-state index contributed by atoms with van der Waals surface area (Å²) in [6, 6.07) is 20.5. The molecule has 1 aliphatic rings. The van der Waals surface area contributed by atoms with Gasteiger partial charge in [-0.25, -0.2) is 14.6 Å². The number of carbonyl (C=O) groups is 3. The molecule has 1 unspecified atom stereocenters. The Hall–Kier alpha value is -4.92. The first-order valence-corrected chi connectivity index (χ1v) is 20.1. The number of alkyl carbamates (subject to hydrolysis) is 1. The minimum atomic E-state index is -0.821. The fraction of sp³-hybridized carbons (Fsp3) is 0.467. The van der Waals surface area contributed by atoms with Crippen molar-refractivity contribution in [3.63, 3.8) is 0 Å². The lowest BCUT2D eigenvalue weighted by atomic mass is 9.94. The first-order chi connectivity index (χ1) is 26.4. The number of aromatic nitrogens is 1. The van der Waals surface area contributed by atoms with Crippen LogP contribution in [-0.4, -0.2) is 42.3 Å². The van der Waals surface area contributed by atoms with E-state index >= 15 is 0 Å². The fourth-order valence-electron chi connectivity index (χ4n) is 7.30. The molecular weight excluding hydrogens is 681 g/mol. The maximum atomic E-state index is 12.1. The third kappa shape index (κ3) is 10.2. The van der Waals surface area contributed by atoms with Crippen molar-refractivity contribution in [2.75, 3.05) is 13.2 Å². The van der Waals surface area contributed by atoms with Gasteiger partial charge in [-0.1, -0.05) is 114 Å². The summed E-state index contributed by atoms with van der Waals surface area (Å²) >= 11 is 0. The zero-order valence-corrected chi connectivity index (χ0v) is 31.9. The van der Waals surface area contributed by atoms with Gasteiger partial charge in [0.05, 0.1) is 0 Å². The van der Waals surface area contributed by atoms with Crippen molar-refractivity contribution in [2.45, 2.75) is 123 Å². The molecule has 9 heteroatoms. The number of amides is 1. The maximum Gasteiger partial charge on any atom is 0.415 e. The van der Waals surface area contributed by atoms with Gasteiger partial charge in [-0.3, -0.25) is 4.79 Å². The summed E-state index contributed by atoms with van der Waals surface area (Å²) in [4.78, 5) is 39.8. The highest BCUT2D eigenvalue weighted by Gasteiger charge is 2.32. The van der Waals surface area contributed by atoms with Gasteiger partial charge >= 0.3 is 18.0 Å². The van der Waals surface area contributed by atoms with E-state index in [0.29, 0.717) is 11.6 Å². The molecule has 1 fully saturated rings. The highest BCUT2D eigenvalue weighted by atomic mass is 16.6. The highest BCUT2D eigenvalue weighted by Crippen LogP contribution is 2.39. The summed E-state index contributed by atoms with van der Waals surface area (Å²) < 4.78 is 22.0. The standard InChI is InChI=1S/C45H54N2O7/c1-3-5-7-9-11-13-15-31-17-23-35-37(29-31)38-30-32(16-14-12-10-8-6-4-2)18-24-36(38)42-41(35)47-43(53-42)33-19-21-34(22-20-33)51-27-28-52-40(48)26-25-39-44(49)54-45(50)46-39/h17-24,29-30,39H,3-16,25-28H2,1-2H3,(H,46,50). The van der Waals surface area contributed by atoms with Crippen LogP contribution in [0.2, 0.25) is 0 Å². The summed E-state index contributed by atoms with van der Waals surface area (Å²) in [6.45, 7) is 4.74. The normalized spacial score (nSPS) is 14.2. The van der Waals surface area contributed by atoms with Crippen molar-refractivity contribution >= 4 is 50.7 Å². The highest BCUT2D eigenvalue weighted by molar-refractivity contribution is 6.23. The van der Waals surface area contributed by atoms with Crippen molar-refractivity contribution in [2.24, 2.45) is 0 Å². The molecule has 0 spiro atoms. The Morgan fingerprint density at radius 2 is 1.33 bits per heavy atom. The lowest BCUT2D eigenvalue weighted by molar-refractivity contribution is -0.144. The molecule has 1 aliphatic heterocycles. The lowest BCUT2D eigenvalue weighted by Crippen LogP contribution is -2.29. The SMILES string of the molecule is CCCCCCCCc1ccc2c(c1)c1cc(CCCCCCCC)ccc1c1oc(-c3ccc(OCCOC(=O)CCC4NC(=O)OC4=O)cc3)nc21. The molecule has 1 atom stereocenters. The minimum absolute atomic E-state index is 0.0233. The Bertz CT molecular complexity index is 1940. The van der Waals surface area contributed by atoms with Crippen LogP contribution in [-0.2, 0) is 31.9 Å². The van der Waals surface area contributed by atoms with Crippen LogP contribution < -0.4 is 10.1 Å². The van der Waals surface area contributed by atoms with Gasteiger partial charge in [0, 0.05) is 22.8 Å². The molecule has 5 aromatic rings. The first kappa shape index (κ1) is 38.8. The van der Waals surface area contributed by atoms with Crippen LogP contribution in [0.15, 0.2) is 65.1 Å². The van der Waals surface area contributed by atoms with Gasteiger partial charge in [0.15, 0.2) is 5.58 Å². The Morgan fingerprint density at radius 3 is 1.96 bits per heavy atom. The zero-order valence-electron chi connectivity index (χ0n) is 31.9. The Labute approximate surface area is 318 Å². The van der Waals surface area contributed by atoms with Crippen LogP contribution in [0.4, 0.5) is 4.79 Å². The van der Waals surface area contributed by atoms with Crippen molar-refractivity contribution in [3.8, 4) is 17.2 Å². The van der Waals surface area contributed by atoms with Crippen LogP contribution >= 0.6 is 0 Å². The summed E-state index contributed by atoms with van der Waals surface area (Å²) in [5.74, 6) is 0.00405. The van der Waals surface area contributed by atoms with E-state index in [4.69, 9.17) is 18.9 Å². The third-order valence-corrected chi connectivity index (χ3v) is 10.3. The second-order valence-corrected chi connectivity index (χ2v) is 14.5. The Morgan fingerprint density at radius 1 is 0.722 bits per heavy atom. The summed E-state index contributed by atoms with van der Waals surface area (Å²) in [7, 11) is 0. The molecule has 54 heavy (non-hydrogen) atoms. The predicted molar refractivity (Wildman–Crippen MR) is 213 cm³/mol. The molecule has 1 N–H and O–H groups in total. The van der Waals surface area contributed by atoms with E-state index < -0.39 is 24.1 Å². The number of fused-ring (bicyclic) bond motifs is 6. The van der Waals surface area contributed by atoms with Crippen LogP contribution in [0, 0.1) is 0 Å². The number of rotatable bonds is 22. The number of nitrogens with one attached hydrogen (secondary N) is 1. The van der Waals surface area contributed by atoms with E-state index in [0.717, 1.165) is 40.3 Å². The summed E-state index contributed by atoms with van der Waals surface area (Å²) in [5.41, 5.74) is 5.26. The largest absolute Gasteiger partial charge is 0.490 e. The van der Waals surface area contributed by atoms with E-state index in [9.17, 15) is 14.4 Å². The predicted octanol–water partition coefficient (Wildman–Crippen LogP) is 10.9. The Balaban J connectivity index is 1.14. The number of nitrogens with zero attached hydrogens (tertiary/aromatic N) is 1. The molecule has 1 aromatic heterocycles. The Kier molecular flexibility index (Phi) is 14.0. The number of cyclic esters (lactones) is 2. The van der Waals surface area contributed by atoms with Crippen LogP contribution in [0.5, 0.6) is 5.75 Å². The van der Waals surface area contributed by atoms with Crippen molar-refractivity contribution in [1.29, 1.82) is 0 Å². The number of hydrogen-bond acceptors (Lipinski definition) is 8. The zero-order chi connectivity index (χ0) is 37.7. The third-order valence-electron chi connectivity index (χ3n) is 10.3. The molecule has 0 radical (unpaired) electrons. The molecule has 4 aromatic carbocycles. The van der Waals surface area contributed by atoms with Crippen LogP contribution in [0.3, 0.4) is 0 Å². The van der Waals surface area contributed by atoms with E-state index in [1.165, 1.54) is 98.9 Å². The van der Waals surface area contributed by atoms with E-state index in [1.807, 2.05) is 24.3 Å². The molecule has 1 saturated heterocycles.